The molecule has 0 saturated carbocycles. The topological polar surface area (TPSA) is 85.9 Å². The molecule has 0 spiro atoms. The van der Waals surface area contributed by atoms with Crippen LogP contribution in [0.15, 0.2) is 61.3 Å². The minimum Gasteiger partial charge on any atom is -0.381 e. The highest BCUT2D eigenvalue weighted by molar-refractivity contribution is 5.48. The van der Waals surface area contributed by atoms with E-state index in [1.54, 1.807) is 30.9 Å². The predicted molar refractivity (Wildman–Crippen MR) is 81.8 cm³/mol. The number of imidazole rings is 1. The minimum absolute atomic E-state index is 0.0805. The SMILES string of the molecule is O=[N+]([O-])c1ccc(NCc2ccc(-n3ccnc3)nc2)cc1. The number of hydrogen-bond acceptors (Lipinski definition) is 5. The molecule has 110 valence electrons. The molecule has 1 N–H and O–H groups in total. The summed E-state index contributed by atoms with van der Waals surface area (Å²) >= 11 is 0. The fourth-order valence-corrected chi connectivity index (χ4v) is 1.97. The van der Waals surface area contributed by atoms with Gasteiger partial charge in [-0.05, 0) is 23.8 Å². The molecule has 0 aliphatic carbocycles. The monoisotopic (exact) mass is 295 g/mol. The first-order valence-corrected chi connectivity index (χ1v) is 6.64. The van der Waals surface area contributed by atoms with E-state index in [2.05, 4.69) is 15.3 Å². The molecule has 0 unspecified atom stereocenters. The van der Waals surface area contributed by atoms with E-state index in [0.717, 1.165) is 17.1 Å². The highest BCUT2D eigenvalue weighted by Gasteiger charge is 2.04. The Labute approximate surface area is 126 Å². The zero-order valence-electron chi connectivity index (χ0n) is 11.6. The number of nitrogens with one attached hydrogen (secondary N) is 1. The van der Waals surface area contributed by atoms with Gasteiger partial charge in [0.05, 0.1) is 4.92 Å². The zero-order chi connectivity index (χ0) is 15.4. The third kappa shape index (κ3) is 3.09. The molecular weight excluding hydrogens is 282 g/mol. The van der Waals surface area contributed by atoms with E-state index in [9.17, 15) is 10.1 Å². The van der Waals surface area contributed by atoms with Crippen LogP contribution in [0.4, 0.5) is 11.4 Å². The van der Waals surface area contributed by atoms with Gasteiger partial charge >= 0.3 is 0 Å². The quantitative estimate of drug-likeness (QED) is 0.578. The average molecular weight is 295 g/mol. The van der Waals surface area contributed by atoms with Crippen LogP contribution in [0.5, 0.6) is 0 Å². The van der Waals surface area contributed by atoms with Crippen LogP contribution in [-0.2, 0) is 6.54 Å². The Morgan fingerprint density at radius 1 is 1.18 bits per heavy atom. The lowest BCUT2D eigenvalue weighted by molar-refractivity contribution is -0.384. The molecule has 22 heavy (non-hydrogen) atoms. The van der Waals surface area contributed by atoms with E-state index in [-0.39, 0.29) is 5.69 Å². The van der Waals surface area contributed by atoms with Crippen LogP contribution in [-0.4, -0.2) is 19.5 Å². The lowest BCUT2D eigenvalue weighted by atomic mass is 10.2. The van der Waals surface area contributed by atoms with Crippen LogP contribution in [0.1, 0.15) is 5.56 Å². The number of hydrogen-bond donors (Lipinski definition) is 1. The number of pyridine rings is 1. The van der Waals surface area contributed by atoms with Crippen LogP contribution in [0.25, 0.3) is 5.82 Å². The van der Waals surface area contributed by atoms with E-state index in [0.29, 0.717) is 6.54 Å². The van der Waals surface area contributed by atoms with Crippen molar-refractivity contribution >= 4 is 11.4 Å². The van der Waals surface area contributed by atoms with Crippen molar-refractivity contribution in [2.24, 2.45) is 0 Å². The fraction of sp³-hybridized carbons (Fsp3) is 0.0667. The maximum atomic E-state index is 10.6. The lowest BCUT2D eigenvalue weighted by Gasteiger charge is -2.07. The number of benzene rings is 1. The van der Waals surface area contributed by atoms with Crippen molar-refractivity contribution in [3.8, 4) is 5.82 Å². The number of nitrogens with zero attached hydrogens (tertiary/aromatic N) is 4. The first kappa shape index (κ1) is 13.7. The summed E-state index contributed by atoms with van der Waals surface area (Å²) in [4.78, 5) is 18.5. The summed E-state index contributed by atoms with van der Waals surface area (Å²) in [7, 11) is 0. The summed E-state index contributed by atoms with van der Waals surface area (Å²) < 4.78 is 1.83. The Morgan fingerprint density at radius 3 is 2.59 bits per heavy atom. The summed E-state index contributed by atoms with van der Waals surface area (Å²) in [5.41, 5.74) is 1.92. The Hall–Kier alpha value is -3.22. The molecule has 2 aromatic heterocycles. The molecule has 3 aromatic rings. The summed E-state index contributed by atoms with van der Waals surface area (Å²) in [5, 5.41) is 13.8. The second-order valence-corrected chi connectivity index (χ2v) is 4.65. The van der Waals surface area contributed by atoms with E-state index >= 15 is 0 Å². The number of rotatable bonds is 5. The number of nitro groups is 1. The van der Waals surface area contributed by atoms with Crippen molar-refractivity contribution in [1.29, 1.82) is 0 Å². The van der Waals surface area contributed by atoms with Gasteiger partial charge in [-0.1, -0.05) is 6.07 Å². The molecule has 0 aliphatic rings. The van der Waals surface area contributed by atoms with Crippen LogP contribution in [0.2, 0.25) is 0 Å². The third-order valence-electron chi connectivity index (χ3n) is 3.15. The lowest BCUT2D eigenvalue weighted by Crippen LogP contribution is -2.01. The molecule has 0 radical (unpaired) electrons. The van der Waals surface area contributed by atoms with Crippen molar-refractivity contribution in [1.82, 2.24) is 14.5 Å². The maximum absolute atomic E-state index is 10.6. The van der Waals surface area contributed by atoms with Crippen molar-refractivity contribution in [3.63, 3.8) is 0 Å². The van der Waals surface area contributed by atoms with Gasteiger partial charge < -0.3 is 5.32 Å². The Kier molecular flexibility index (Phi) is 3.78. The van der Waals surface area contributed by atoms with Gasteiger partial charge in [0.15, 0.2) is 0 Å². The first-order valence-electron chi connectivity index (χ1n) is 6.64. The molecule has 0 aliphatic heterocycles. The minimum atomic E-state index is -0.414. The molecule has 1 aromatic carbocycles. The van der Waals surface area contributed by atoms with Gasteiger partial charge in [0.25, 0.3) is 5.69 Å². The van der Waals surface area contributed by atoms with Crippen LogP contribution >= 0.6 is 0 Å². The smallest absolute Gasteiger partial charge is 0.269 e. The van der Waals surface area contributed by atoms with Gasteiger partial charge in [-0.3, -0.25) is 14.7 Å². The number of aromatic nitrogens is 3. The van der Waals surface area contributed by atoms with Crippen molar-refractivity contribution in [2.45, 2.75) is 6.54 Å². The Bertz CT molecular complexity index is 752. The van der Waals surface area contributed by atoms with Gasteiger partial charge in [-0.2, -0.15) is 0 Å². The average Bonchev–Trinajstić information content (AvgIpc) is 3.08. The molecule has 0 atom stereocenters. The summed E-state index contributed by atoms with van der Waals surface area (Å²) in [6.07, 6.45) is 7.01. The summed E-state index contributed by atoms with van der Waals surface area (Å²) in [6, 6.07) is 10.2. The molecule has 0 fully saturated rings. The molecule has 2 heterocycles. The molecule has 7 nitrogen and oxygen atoms in total. The van der Waals surface area contributed by atoms with Gasteiger partial charge in [0.2, 0.25) is 0 Å². The largest absolute Gasteiger partial charge is 0.381 e. The second kappa shape index (κ2) is 6.04. The van der Waals surface area contributed by atoms with Gasteiger partial charge in [0.1, 0.15) is 12.1 Å². The van der Waals surface area contributed by atoms with E-state index < -0.39 is 4.92 Å². The van der Waals surface area contributed by atoms with Crippen molar-refractivity contribution in [2.75, 3.05) is 5.32 Å². The zero-order valence-corrected chi connectivity index (χ0v) is 11.6. The summed E-state index contributed by atoms with van der Waals surface area (Å²) in [6.45, 7) is 0.592. The third-order valence-corrected chi connectivity index (χ3v) is 3.15. The first-order chi connectivity index (χ1) is 10.7. The van der Waals surface area contributed by atoms with E-state index in [4.69, 9.17) is 0 Å². The van der Waals surface area contributed by atoms with Crippen molar-refractivity contribution in [3.05, 3.63) is 77.0 Å². The highest BCUT2D eigenvalue weighted by Crippen LogP contribution is 2.16. The molecule has 0 amide bonds. The number of anilines is 1. The van der Waals surface area contributed by atoms with Gasteiger partial charge in [0, 0.05) is 43.0 Å². The van der Waals surface area contributed by atoms with E-state index in [1.165, 1.54) is 12.1 Å². The fourth-order valence-electron chi connectivity index (χ4n) is 1.97. The maximum Gasteiger partial charge on any atom is 0.269 e. The van der Waals surface area contributed by atoms with E-state index in [1.807, 2.05) is 22.9 Å². The van der Waals surface area contributed by atoms with Gasteiger partial charge in [-0.25, -0.2) is 9.97 Å². The van der Waals surface area contributed by atoms with Crippen LogP contribution in [0, 0.1) is 10.1 Å². The normalized spacial score (nSPS) is 10.4. The molecule has 0 bridgehead atoms. The standard InChI is InChI=1S/C15H13N5O2/c21-20(22)14-4-2-13(3-5-14)17-9-12-1-6-15(18-10-12)19-8-7-16-11-19/h1-8,10-11,17H,9H2. The Morgan fingerprint density at radius 2 is 2.00 bits per heavy atom. The Balaban J connectivity index is 1.63. The molecule has 0 saturated heterocycles. The predicted octanol–water partition coefficient (Wildman–Crippen LogP) is 2.79. The van der Waals surface area contributed by atoms with Crippen LogP contribution < -0.4 is 5.32 Å². The highest BCUT2D eigenvalue weighted by atomic mass is 16.6. The molecule has 3 rings (SSSR count). The molecular formula is C15H13N5O2. The summed E-state index contributed by atoms with van der Waals surface area (Å²) in [5.74, 6) is 0.802. The van der Waals surface area contributed by atoms with Crippen molar-refractivity contribution < 1.29 is 4.92 Å². The van der Waals surface area contributed by atoms with Crippen LogP contribution in [0.3, 0.4) is 0 Å². The van der Waals surface area contributed by atoms with Gasteiger partial charge in [-0.15, -0.1) is 0 Å². The number of nitro benzene ring substituents is 1. The number of non-ortho nitro benzene ring substituents is 1. The second-order valence-electron chi connectivity index (χ2n) is 4.65. The molecule has 7 heteroatoms.